The summed E-state index contributed by atoms with van der Waals surface area (Å²) >= 11 is 0. The van der Waals surface area contributed by atoms with E-state index in [0.29, 0.717) is 0 Å². The van der Waals surface area contributed by atoms with Crippen molar-refractivity contribution in [2.24, 2.45) is 0 Å². The van der Waals surface area contributed by atoms with Crippen molar-refractivity contribution in [2.45, 2.75) is 20.8 Å². The van der Waals surface area contributed by atoms with Gasteiger partial charge in [0.15, 0.2) is 0 Å². The van der Waals surface area contributed by atoms with Crippen molar-refractivity contribution in [1.29, 1.82) is 0 Å². The summed E-state index contributed by atoms with van der Waals surface area (Å²) in [6.45, 7) is 5.55. The molecule has 0 spiro atoms. The quantitative estimate of drug-likeness (QED) is 0.289. The van der Waals surface area contributed by atoms with Crippen LogP contribution in [0.25, 0.3) is 0 Å². The van der Waals surface area contributed by atoms with Crippen molar-refractivity contribution in [2.75, 3.05) is 19.8 Å². The molecule has 108 valence electrons. The maximum Gasteiger partial charge on any atom is 1.00 e. The van der Waals surface area contributed by atoms with Crippen LogP contribution < -0.4 is 169 Å². The zero-order valence-electron chi connectivity index (χ0n) is 13.1. The Labute approximate surface area is 255 Å². The molecule has 21 heavy (non-hydrogen) atoms. The molecule has 0 aliphatic rings. The molecule has 0 rings (SSSR count). The summed E-state index contributed by atoms with van der Waals surface area (Å²) in [7, 11) is -7.80. The fourth-order valence-corrected chi connectivity index (χ4v) is 0.949. The molecule has 0 aromatic carbocycles. The second-order valence-corrected chi connectivity index (χ2v) is 4.04. The van der Waals surface area contributed by atoms with Crippen LogP contribution in [0.1, 0.15) is 20.8 Å². The molecule has 0 aliphatic carbocycles. The summed E-state index contributed by atoms with van der Waals surface area (Å²) in [6, 6.07) is 0. The van der Waals surface area contributed by atoms with Crippen LogP contribution in [0.15, 0.2) is 0 Å². The van der Waals surface area contributed by atoms with Crippen LogP contribution in [-0.4, -0.2) is 19.8 Å². The molecule has 3 atom stereocenters. The first-order valence-electron chi connectivity index (χ1n) is 4.63. The number of hydrogen-bond donors (Lipinski definition) is 0. The van der Waals surface area contributed by atoms with Gasteiger partial charge in [-0.25, -0.2) is 0 Å². The van der Waals surface area contributed by atoms with Gasteiger partial charge in [0.2, 0.25) is 0 Å². The summed E-state index contributed by atoms with van der Waals surface area (Å²) in [4.78, 5) is 28.2. The Morgan fingerprint density at radius 1 is 0.619 bits per heavy atom. The molecule has 0 radical (unpaired) electrons. The van der Waals surface area contributed by atoms with E-state index in [0.717, 1.165) is 0 Å². The molecule has 0 aliphatic heterocycles. The first-order chi connectivity index (χ1) is 8.31. The maximum atomic E-state index is 9.41. The van der Waals surface area contributed by atoms with Gasteiger partial charge in [-0.1, -0.05) is 0 Å². The molecule has 0 aromatic rings. The van der Waals surface area contributed by atoms with E-state index >= 15 is 0 Å². The average molecular weight is 441 g/mol. The summed E-state index contributed by atoms with van der Waals surface area (Å²) in [5, 5.41) is 0. The Hall–Kier alpha value is 4.97. The second kappa shape index (κ2) is 36.0. The SMILES string of the molecule is CCO[P+](=O)[O-].CCO[P+](=O)[O-].CCO[P+](=O)[O-].[K+].[K+].[K+]. The zero-order valence-corrected chi connectivity index (χ0v) is 25.2. The van der Waals surface area contributed by atoms with Crippen molar-refractivity contribution in [3.05, 3.63) is 0 Å². The summed E-state index contributed by atoms with van der Waals surface area (Å²) in [5.74, 6) is 0. The fourth-order valence-electron chi connectivity index (χ4n) is 0.316. The van der Waals surface area contributed by atoms with E-state index < -0.39 is 24.8 Å². The van der Waals surface area contributed by atoms with E-state index in [4.69, 9.17) is 0 Å². The van der Waals surface area contributed by atoms with Crippen LogP contribution in [0.3, 0.4) is 0 Å². The van der Waals surface area contributed by atoms with Gasteiger partial charge in [-0.3, -0.25) is 0 Å². The van der Waals surface area contributed by atoms with Gasteiger partial charge in [0.05, 0.1) is 19.8 Å². The summed E-state index contributed by atoms with van der Waals surface area (Å²) in [6.07, 6.45) is 0. The maximum absolute atomic E-state index is 9.41. The third-order valence-electron chi connectivity index (χ3n) is 0.704. The standard InChI is InChI=1S/3C2H5O3P.3K/c3*1-2-5-6(3)4;;;/h3*2H2,1H3;;;/q;;;3*+1. The van der Waals surface area contributed by atoms with Gasteiger partial charge < -0.3 is 14.7 Å². The average Bonchev–Trinajstić information content (AvgIpc) is 2.18. The van der Waals surface area contributed by atoms with Gasteiger partial charge in [-0.05, 0) is 34.5 Å². The molecule has 15 heteroatoms. The van der Waals surface area contributed by atoms with E-state index in [2.05, 4.69) is 13.6 Å². The largest absolute Gasteiger partial charge is 1.00 e. The van der Waals surface area contributed by atoms with Crippen LogP contribution in [0.5, 0.6) is 0 Å². The van der Waals surface area contributed by atoms with E-state index in [9.17, 15) is 28.4 Å². The van der Waals surface area contributed by atoms with Gasteiger partial charge in [-0.15, -0.1) is 13.6 Å². The van der Waals surface area contributed by atoms with Crippen LogP contribution in [-0.2, 0) is 27.3 Å². The van der Waals surface area contributed by atoms with E-state index in [1.165, 1.54) is 0 Å². The fraction of sp³-hybridized carbons (Fsp3) is 1.00. The van der Waals surface area contributed by atoms with Crippen LogP contribution in [0.2, 0.25) is 0 Å². The molecule has 0 N–H and O–H groups in total. The molecule has 0 saturated heterocycles. The Morgan fingerprint density at radius 2 is 0.762 bits per heavy atom. The third kappa shape index (κ3) is 67.5. The molecule has 3 unspecified atom stereocenters. The molecule has 9 nitrogen and oxygen atoms in total. The van der Waals surface area contributed by atoms with Gasteiger partial charge in [0.1, 0.15) is 0 Å². The van der Waals surface area contributed by atoms with E-state index in [-0.39, 0.29) is 174 Å². The van der Waals surface area contributed by atoms with Crippen LogP contribution in [0, 0.1) is 0 Å². The first-order valence-corrected chi connectivity index (χ1v) is 7.92. The van der Waals surface area contributed by atoms with Gasteiger partial charge in [0.25, 0.3) is 0 Å². The van der Waals surface area contributed by atoms with Gasteiger partial charge in [-0.2, -0.15) is 0 Å². The zero-order chi connectivity index (χ0) is 15.0. The topological polar surface area (TPSA) is 148 Å². The van der Waals surface area contributed by atoms with Gasteiger partial charge in [0, 0.05) is 0 Å². The Bertz CT molecular complexity index is 209. The summed E-state index contributed by atoms with van der Waals surface area (Å²) < 4.78 is 40.2. The Kier molecular flexibility index (Phi) is 69.6. The van der Waals surface area contributed by atoms with Crippen molar-refractivity contribution in [3.8, 4) is 0 Å². The van der Waals surface area contributed by atoms with Crippen molar-refractivity contribution in [1.82, 2.24) is 0 Å². The molecule has 0 amide bonds. The number of hydrogen-bond acceptors (Lipinski definition) is 9. The minimum Gasteiger partial charge on any atom is -0.566 e. The van der Waals surface area contributed by atoms with E-state index in [1.54, 1.807) is 20.8 Å². The van der Waals surface area contributed by atoms with Crippen LogP contribution in [0.4, 0.5) is 0 Å². The predicted octanol–water partition coefficient (Wildman–Crippen LogP) is -8.87. The van der Waals surface area contributed by atoms with Gasteiger partial charge >= 0.3 is 179 Å². The molecule has 0 saturated carbocycles. The molecule has 0 heterocycles. The van der Waals surface area contributed by atoms with Crippen molar-refractivity contribution < 1.29 is 196 Å². The second-order valence-electron chi connectivity index (χ2n) is 1.92. The smallest absolute Gasteiger partial charge is 0.566 e. The first kappa shape index (κ1) is 40.6. The molecular weight excluding hydrogens is 426 g/mol. The number of rotatable bonds is 6. The normalized spacial score (nSPS) is 9.71. The Morgan fingerprint density at radius 3 is 0.762 bits per heavy atom. The van der Waals surface area contributed by atoms with E-state index in [1.807, 2.05) is 0 Å². The third-order valence-corrected chi connectivity index (χ3v) is 2.11. The minimum absolute atomic E-state index is 0. The molecule has 0 bridgehead atoms. The molecular formula is C6H15K3O9P3+3. The minimum atomic E-state index is -2.60. The molecule has 0 aromatic heterocycles. The monoisotopic (exact) mass is 441 g/mol. The predicted molar refractivity (Wildman–Crippen MR) is 57.7 cm³/mol. The summed E-state index contributed by atoms with van der Waals surface area (Å²) in [5.41, 5.74) is 0. The van der Waals surface area contributed by atoms with Crippen molar-refractivity contribution in [3.63, 3.8) is 0 Å². The van der Waals surface area contributed by atoms with Crippen molar-refractivity contribution >= 4 is 24.8 Å². The molecule has 0 fully saturated rings. The Balaban J connectivity index is -0.0000000375. The van der Waals surface area contributed by atoms with Crippen LogP contribution >= 0.6 is 24.8 Å².